The summed E-state index contributed by atoms with van der Waals surface area (Å²) < 4.78 is 35.1. The van der Waals surface area contributed by atoms with E-state index in [1.54, 1.807) is 0 Å². The second-order valence-electron chi connectivity index (χ2n) is 1.88. The molecular formula is C7H11F3N2O. The van der Waals surface area contributed by atoms with Crippen LogP contribution < -0.4 is 0 Å². The monoisotopic (exact) mass is 196 g/mol. The lowest BCUT2D eigenvalue weighted by Gasteiger charge is -2.03. The summed E-state index contributed by atoms with van der Waals surface area (Å²) in [6, 6.07) is 1.10. The number of alkyl halides is 3. The molecular weight excluding hydrogens is 185 g/mol. The van der Waals surface area contributed by atoms with Gasteiger partial charge < -0.3 is 5.11 Å². The van der Waals surface area contributed by atoms with E-state index in [4.69, 9.17) is 5.11 Å². The minimum absolute atomic E-state index is 0.00215. The standard InChI is InChI=1S/C5H5F3N2O.C2H6/c6-5(7,8)10-2-1-4(3-11)9-10;1-2/h1-2,11H,3H2;1-2H3. The smallest absolute Gasteiger partial charge is 0.390 e. The maximum atomic E-state index is 11.8. The Bertz CT molecular complexity index is 244. The fourth-order valence-electron chi connectivity index (χ4n) is 0.587. The van der Waals surface area contributed by atoms with Crippen molar-refractivity contribution >= 4 is 0 Å². The zero-order chi connectivity index (χ0) is 10.5. The summed E-state index contributed by atoms with van der Waals surface area (Å²) >= 11 is 0. The highest BCUT2D eigenvalue weighted by molar-refractivity contribution is 4.96. The molecule has 0 aliphatic heterocycles. The molecule has 0 saturated heterocycles. The number of aromatic nitrogens is 2. The van der Waals surface area contributed by atoms with E-state index in [9.17, 15) is 13.2 Å². The van der Waals surface area contributed by atoms with Gasteiger partial charge in [0.15, 0.2) is 0 Å². The maximum absolute atomic E-state index is 11.8. The molecule has 0 aliphatic carbocycles. The molecule has 1 rings (SSSR count). The van der Waals surface area contributed by atoms with Gasteiger partial charge in [0.2, 0.25) is 0 Å². The minimum Gasteiger partial charge on any atom is -0.390 e. The summed E-state index contributed by atoms with van der Waals surface area (Å²) in [4.78, 5) is 0. The zero-order valence-corrected chi connectivity index (χ0v) is 7.34. The van der Waals surface area contributed by atoms with Gasteiger partial charge in [-0.1, -0.05) is 13.8 Å². The molecule has 6 heteroatoms. The molecule has 0 radical (unpaired) electrons. The van der Waals surface area contributed by atoms with Gasteiger partial charge in [0, 0.05) is 6.20 Å². The van der Waals surface area contributed by atoms with E-state index in [0.29, 0.717) is 0 Å². The van der Waals surface area contributed by atoms with Crippen LogP contribution in [0.1, 0.15) is 19.5 Å². The predicted octanol–water partition coefficient (Wildman–Crippen LogP) is 1.88. The molecule has 0 fully saturated rings. The summed E-state index contributed by atoms with van der Waals surface area (Å²) in [5.41, 5.74) is 0.00215. The fourth-order valence-corrected chi connectivity index (χ4v) is 0.587. The third-order valence-electron chi connectivity index (χ3n) is 1.07. The third-order valence-corrected chi connectivity index (χ3v) is 1.07. The number of halogens is 3. The second-order valence-corrected chi connectivity index (χ2v) is 1.88. The van der Waals surface area contributed by atoms with E-state index in [0.717, 1.165) is 12.3 Å². The molecule has 1 aromatic heterocycles. The van der Waals surface area contributed by atoms with Crippen molar-refractivity contribution in [3.05, 3.63) is 18.0 Å². The first-order valence-corrected chi connectivity index (χ1v) is 3.76. The van der Waals surface area contributed by atoms with Crippen molar-refractivity contribution in [3.8, 4) is 0 Å². The number of aliphatic hydroxyl groups excluding tert-OH is 1. The first-order chi connectivity index (χ1) is 6.04. The van der Waals surface area contributed by atoms with E-state index in [1.807, 2.05) is 13.8 Å². The molecule has 76 valence electrons. The van der Waals surface area contributed by atoms with Gasteiger partial charge in [0.05, 0.1) is 12.3 Å². The van der Waals surface area contributed by atoms with Crippen molar-refractivity contribution in [2.75, 3.05) is 0 Å². The summed E-state index contributed by atoms with van der Waals surface area (Å²) in [6.45, 7) is 3.52. The van der Waals surface area contributed by atoms with E-state index in [-0.39, 0.29) is 10.4 Å². The van der Waals surface area contributed by atoms with Crippen molar-refractivity contribution < 1.29 is 18.3 Å². The molecule has 0 saturated carbocycles. The van der Waals surface area contributed by atoms with Gasteiger partial charge in [-0.3, -0.25) is 0 Å². The van der Waals surface area contributed by atoms with Gasteiger partial charge in [-0.05, 0) is 6.07 Å². The van der Waals surface area contributed by atoms with Gasteiger partial charge >= 0.3 is 6.30 Å². The molecule has 0 aliphatic rings. The van der Waals surface area contributed by atoms with Gasteiger partial charge in [0.25, 0.3) is 0 Å². The van der Waals surface area contributed by atoms with E-state index in [1.165, 1.54) is 0 Å². The third kappa shape index (κ3) is 3.45. The fraction of sp³-hybridized carbons (Fsp3) is 0.571. The Balaban J connectivity index is 0.000000671. The molecule has 1 heterocycles. The van der Waals surface area contributed by atoms with Crippen LogP contribution in [0.2, 0.25) is 0 Å². The highest BCUT2D eigenvalue weighted by Crippen LogP contribution is 2.20. The highest BCUT2D eigenvalue weighted by atomic mass is 19.4. The van der Waals surface area contributed by atoms with Crippen LogP contribution in [0.15, 0.2) is 12.3 Å². The molecule has 3 nitrogen and oxygen atoms in total. The summed E-state index contributed by atoms with van der Waals surface area (Å²) in [6.07, 6.45) is -3.74. The Morgan fingerprint density at radius 3 is 2.23 bits per heavy atom. The molecule has 13 heavy (non-hydrogen) atoms. The lowest BCUT2D eigenvalue weighted by molar-refractivity contribution is -0.212. The predicted molar refractivity (Wildman–Crippen MR) is 40.8 cm³/mol. The average molecular weight is 196 g/mol. The van der Waals surface area contributed by atoms with E-state index >= 15 is 0 Å². The molecule has 0 bridgehead atoms. The van der Waals surface area contributed by atoms with Gasteiger partial charge in [0.1, 0.15) is 0 Å². The topological polar surface area (TPSA) is 38.0 Å². The van der Waals surface area contributed by atoms with Crippen LogP contribution in [0.4, 0.5) is 13.2 Å². The van der Waals surface area contributed by atoms with Crippen LogP contribution in [0, 0.1) is 0 Å². The average Bonchev–Trinajstić information content (AvgIpc) is 2.54. The molecule has 0 amide bonds. The number of aliphatic hydroxyl groups is 1. The Hall–Kier alpha value is -1.04. The van der Waals surface area contributed by atoms with Gasteiger partial charge in [-0.25, -0.2) is 0 Å². The molecule has 0 spiro atoms. The van der Waals surface area contributed by atoms with Crippen molar-refractivity contribution in [2.45, 2.75) is 26.8 Å². The first-order valence-electron chi connectivity index (χ1n) is 3.76. The summed E-state index contributed by atoms with van der Waals surface area (Å²) in [5, 5.41) is 11.4. The Morgan fingerprint density at radius 1 is 1.46 bits per heavy atom. The normalized spacial score (nSPS) is 10.6. The first kappa shape index (κ1) is 12.0. The van der Waals surface area contributed by atoms with Crippen molar-refractivity contribution in [1.82, 2.24) is 9.78 Å². The lowest BCUT2D eigenvalue weighted by Crippen LogP contribution is -2.17. The zero-order valence-electron chi connectivity index (χ0n) is 7.34. The Kier molecular flexibility index (Phi) is 4.47. The van der Waals surface area contributed by atoms with E-state index in [2.05, 4.69) is 5.10 Å². The highest BCUT2D eigenvalue weighted by Gasteiger charge is 2.31. The lowest BCUT2D eigenvalue weighted by atomic mass is 10.5. The van der Waals surface area contributed by atoms with Crippen molar-refractivity contribution in [1.29, 1.82) is 0 Å². The quantitative estimate of drug-likeness (QED) is 0.744. The molecule has 1 N–H and O–H groups in total. The molecule has 0 atom stereocenters. The van der Waals surface area contributed by atoms with Gasteiger partial charge in [-0.15, -0.1) is 13.2 Å². The Morgan fingerprint density at radius 2 is 2.00 bits per heavy atom. The van der Waals surface area contributed by atoms with Crippen LogP contribution >= 0.6 is 0 Å². The number of nitrogens with zero attached hydrogens (tertiary/aromatic N) is 2. The number of rotatable bonds is 1. The largest absolute Gasteiger partial charge is 0.504 e. The molecule has 1 aromatic rings. The summed E-state index contributed by atoms with van der Waals surface area (Å²) in [7, 11) is 0. The minimum atomic E-state index is -4.49. The summed E-state index contributed by atoms with van der Waals surface area (Å²) in [5.74, 6) is 0. The number of hydrogen-bond acceptors (Lipinski definition) is 2. The van der Waals surface area contributed by atoms with Crippen LogP contribution in [0.25, 0.3) is 0 Å². The molecule has 0 unspecified atom stereocenters. The second kappa shape index (κ2) is 4.86. The maximum Gasteiger partial charge on any atom is 0.504 e. The Labute approximate surface area is 73.8 Å². The SMILES string of the molecule is CC.OCc1ccn(C(F)(F)F)n1. The van der Waals surface area contributed by atoms with Crippen LogP contribution in [-0.2, 0) is 12.9 Å². The van der Waals surface area contributed by atoms with Crippen LogP contribution in [0.3, 0.4) is 0 Å². The van der Waals surface area contributed by atoms with E-state index < -0.39 is 12.9 Å². The number of hydrogen-bond donors (Lipinski definition) is 1. The van der Waals surface area contributed by atoms with Crippen LogP contribution in [-0.4, -0.2) is 14.9 Å². The van der Waals surface area contributed by atoms with Crippen LogP contribution in [0.5, 0.6) is 0 Å². The molecule has 0 aromatic carbocycles. The van der Waals surface area contributed by atoms with Crippen molar-refractivity contribution in [3.63, 3.8) is 0 Å². The van der Waals surface area contributed by atoms with Gasteiger partial charge in [-0.2, -0.15) is 9.78 Å². The van der Waals surface area contributed by atoms with Crippen molar-refractivity contribution in [2.24, 2.45) is 0 Å².